The first-order chi connectivity index (χ1) is 6.70. The van der Waals surface area contributed by atoms with Crippen LogP contribution in [-0.4, -0.2) is 35.6 Å². The summed E-state index contributed by atoms with van der Waals surface area (Å²) in [6.07, 6.45) is 3.23. The molecule has 3 amide bonds. The van der Waals surface area contributed by atoms with Crippen LogP contribution in [0.5, 0.6) is 0 Å². The van der Waals surface area contributed by atoms with Gasteiger partial charge in [0.1, 0.15) is 6.04 Å². The molecule has 2 heterocycles. The van der Waals surface area contributed by atoms with Gasteiger partial charge in [-0.25, -0.2) is 4.79 Å². The Morgan fingerprint density at radius 2 is 2.14 bits per heavy atom. The van der Waals surface area contributed by atoms with Crippen LogP contribution in [0.25, 0.3) is 0 Å². The number of rotatable bonds is 1. The second-order valence-electron chi connectivity index (χ2n) is 3.84. The van der Waals surface area contributed by atoms with Crippen molar-refractivity contribution in [1.29, 1.82) is 0 Å². The van der Waals surface area contributed by atoms with Crippen molar-refractivity contribution in [3.05, 3.63) is 0 Å². The van der Waals surface area contributed by atoms with Gasteiger partial charge in [0.15, 0.2) is 0 Å². The summed E-state index contributed by atoms with van der Waals surface area (Å²) in [7, 11) is 0. The first kappa shape index (κ1) is 9.45. The summed E-state index contributed by atoms with van der Waals surface area (Å²) in [5.74, 6) is -0.192. The molecule has 78 valence electrons. The molecule has 2 fully saturated rings. The van der Waals surface area contributed by atoms with Gasteiger partial charge < -0.3 is 0 Å². The first-order valence-electron chi connectivity index (χ1n) is 5.06. The van der Waals surface area contributed by atoms with Gasteiger partial charge in [0.25, 0.3) is 5.91 Å². The largest absolute Gasteiger partial charge is 0.326 e. The highest BCUT2D eigenvalue weighted by Gasteiger charge is 2.39. The minimum atomic E-state index is -0.335. The van der Waals surface area contributed by atoms with Crippen LogP contribution in [0.4, 0.5) is 4.79 Å². The summed E-state index contributed by atoms with van der Waals surface area (Å²) in [4.78, 5) is 24.3. The summed E-state index contributed by atoms with van der Waals surface area (Å²) < 4.78 is 0. The Hall–Kier alpha value is -1.10. The molecule has 5 nitrogen and oxygen atoms in total. The Morgan fingerprint density at radius 3 is 2.64 bits per heavy atom. The zero-order valence-electron chi connectivity index (χ0n) is 8.25. The van der Waals surface area contributed by atoms with Gasteiger partial charge in [-0.05, 0) is 32.7 Å². The molecule has 2 saturated heterocycles. The number of piperidine rings is 1. The SMILES string of the molecule is CC1C(=O)NC(=O)N1C1CCCCN1. The highest BCUT2D eigenvalue weighted by molar-refractivity contribution is 6.04. The number of carbonyl (C=O) groups excluding carboxylic acids is 2. The predicted octanol–water partition coefficient (Wildman–Crippen LogP) is 0.0263. The van der Waals surface area contributed by atoms with Crippen molar-refractivity contribution in [3.63, 3.8) is 0 Å². The molecule has 0 bridgehead atoms. The maximum absolute atomic E-state index is 11.4. The number of nitrogens with zero attached hydrogens (tertiary/aromatic N) is 1. The van der Waals surface area contributed by atoms with Gasteiger partial charge in [0, 0.05) is 0 Å². The minimum absolute atomic E-state index is 0.0326. The van der Waals surface area contributed by atoms with E-state index < -0.39 is 0 Å². The molecule has 2 aliphatic rings. The Balaban J connectivity index is 2.08. The second kappa shape index (κ2) is 3.57. The van der Waals surface area contributed by atoms with Gasteiger partial charge in [-0.15, -0.1) is 0 Å². The lowest BCUT2D eigenvalue weighted by Crippen LogP contribution is -2.52. The van der Waals surface area contributed by atoms with Crippen LogP contribution in [0.1, 0.15) is 26.2 Å². The van der Waals surface area contributed by atoms with Crippen molar-refractivity contribution in [2.45, 2.75) is 38.4 Å². The van der Waals surface area contributed by atoms with Crippen molar-refractivity contribution < 1.29 is 9.59 Å². The van der Waals surface area contributed by atoms with Crippen LogP contribution in [0.15, 0.2) is 0 Å². The average molecular weight is 197 g/mol. The maximum atomic E-state index is 11.4. The van der Waals surface area contributed by atoms with E-state index >= 15 is 0 Å². The molecule has 0 radical (unpaired) electrons. The van der Waals surface area contributed by atoms with Crippen molar-refractivity contribution >= 4 is 11.9 Å². The molecule has 2 N–H and O–H groups in total. The number of urea groups is 1. The molecular formula is C9H15N3O2. The molecule has 0 saturated carbocycles. The third-order valence-electron chi connectivity index (χ3n) is 2.88. The fourth-order valence-electron chi connectivity index (χ4n) is 2.06. The van der Waals surface area contributed by atoms with Crippen molar-refractivity contribution in [2.75, 3.05) is 6.54 Å². The smallest absolute Gasteiger partial charge is 0.297 e. The zero-order chi connectivity index (χ0) is 10.1. The molecule has 2 unspecified atom stereocenters. The summed E-state index contributed by atoms with van der Waals surface area (Å²) in [6.45, 7) is 2.69. The zero-order valence-corrected chi connectivity index (χ0v) is 8.25. The van der Waals surface area contributed by atoms with Gasteiger partial charge in [-0.2, -0.15) is 0 Å². The van der Waals surface area contributed by atoms with Crippen molar-refractivity contribution in [1.82, 2.24) is 15.5 Å². The van der Waals surface area contributed by atoms with Gasteiger partial charge in [-0.3, -0.25) is 20.3 Å². The lowest BCUT2D eigenvalue weighted by atomic mass is 10.1. The number of carbonyl (C=O) groups is 2. The molecule has 2 rings (SSSR count). The second-order valence-corrected chi connectivity index (χ2v) is 3.84. The van der Waals surface area contributed by atoms with E-state index in [9.17, 15) is 9.59 Å². The fraction of sp³-hybridized carbons (Fsp3) is 0.778. The summed E-state index contributed by atoms with van der Waals surface area (Å²) in [5, 5.41) is 5.58. The minimum Gasteiger partial charge on any atom is -0.297 e. The van der Waals surface area contributed by atoms with E-state index in [4.69, 9.17) is 0 Å². The molecule has 0 aromatic heterocycles. The normalized spacial score (nSPS) is 33.4. The molecule has 0 aromatic carbocycles. The summed E-state index contributed by atoms with van der Waals surface area (Å²) in [6, 6.07) is -0.597. The highest BCUT2D eigenvalue weighted by atomic mass is 16.2. The maximum Gasteiger partial charge on any atom is 0.326 e. The van der Waals surface area contributed by atoms with Crippen LogP contribution >= 0.6 is 0 Å². The van der Waals surface area contributed by atoms with E-state index in [-0.39, 0.29) is 24.1 Å². The van der Waals surface area contributed by atoms with Crippen LogP contribution < -0.4 is 10.6 Å². The standard InChI is InChI=1S/C9H15N3O2/c1-6-8(13)11-9(14)12(6)7-4-2-3-5-10-7/h6-7,10H,2-5H2,1H3,(H,11,13,14). The Labute approximate surface area is 82.8 Å². The molecule has 0 spiro atoms. The monoisotopic (exact) mass is 197 g/mol. The van der Waals surface area contributed by atoms with Crippen LogP contribution in [0.2, 0.25) is 0 Å². The van der Waals surface area contributed by atoms with E-state index in [0.29, 0.717) is 0 Å². The van der Waals surface area contributed by atoms with E-state index in [1.165, 1.54) is 0 Å². The van der Waals surface area contributed by atoms with E-state index in [2.05, 4.69) is 10.6 Å². The Kier molecular flexibility index (Phi) is 2.41. The third kappa shape index (κ3) is 1.48. The van der Waals surface area contributed by atoms with Crippen LogP contribution in [0, 0.1) is 0 Å². The fourth-order valence-corrected chi connectivity index (χ4v) is 2.06. The number of hydrogen-bond donors (Lipinski definition) is 2. The quantitative estimate of drug-likeness (QED) is 0.583. The molecule has 0 aliphatic carbocycles. The number of hydrogen-bond acceptors (Lipinski definition) is 3. The van der Waals surface area contributed by atoms with Crippen molar-refractivity contribution in [3.8, 4) is 0 Å². The van der Waals surface area contributed by atoms with E-state index in [1.807, 2.05) is 0 Å². The lowest BCUT2D eigenvalue weighted by molar-refractivity contribution is -0.121. The molecule has 0 aromatic rings. The van der Waals surface area contributed by atoms with Gasteiger partial charge in [-0.1, -0.05) is 0 Å². The topological polar surface area (TPSA) is 61.4 Å². The van der Waals surface area contributed by atoms with Gasteiger partial charge >= 0.3 is 6.03 Å². The molecular weight excluding hydrogens is 182 g/mol. The van der Waals surface area contributed by atoms with Gasteiger partial charge in [0.05, 0.1) is 6.17 Å². The van der Waals surface area contributed by atoms with E-state index in [0.717, 1.165) is 25.8 Å². The van der Waals surface area contributed by atoms with E-state index in [1.54, 1.807) is 11.8 Å². The van der Waals surface area contributed by atoms with Crippen LogP contribution in [-0.2, 0) is 4.79 Å². The van der Waals surface area contributed by atoms with Gasteiger partial charge in [0.2, 0.25) is 0 Å². The first-order valence-corrected chi connectivity index (χ1v) is 5.06. The summed E-state index contributed by atoms with van der Waals surface area (Å²) >= 11 is 0. The van der Waals surface area contributed by atoms with Crippen LogP contribution in [0.3, 0.4) is 0 Å². The Morgan fingerprint density at radius 1 is 1.36 bits per heavy atom. The molecule has 14 heavy (non-hydrogen) atoms. The number of amides is 3. The molecule has 2 aliphatic heterocycles. The molecule has 5 heteroatoms. The number of imide groups is 1. The highest BCUT2D eigenvalue weighted by Crippen LogP contribution is 2.17. The number of nitrogens with one attached hydrogen (secondary N) is 2. The predicted molar refractivity (Wildman–Crippen MR) is 50.5 cm³/mol. The summed E-state index contributed by atoms with van der Waals surface area (Å²) in [5.41, 5.74) is 0. The lowest BCUT2D eigenvalue weighted by Gasteiger charge is -2.33. The van der Waals surface area contributed by atoms with Crippen molar-refractivity contribution in [2.24, 2.45) is 0 Å². The average Bonchev–Trinajstić information content (AvgIpc) is 2.43. The molecule has 2 atom stereocenters. The third-order valence-corrected chi connectivity index (χ3v) is 2.88. The Bertz CT molecular complexity index is 261.